The second-order valence-corrected chi connectivity index (χ2v) is 7.93. The van der Waals surface area contributed by atoms with Crippen LogP contribution in [0.15, 0.2) is 55.4 Å². The molecule has 1 aliphatic carbocycles. The van der Waals surface area contributed by atoms with Crippen molar-refractivity contribution in [2.45, 2.75) is 9.64 Å². The molecule has 6 nitrogen and oxygen atoms in total. The van der Waals surface area contributed by atoms with Crippen LogP contribution in [0.5, 0.6) is 0 Å². The van der Waals surface area contributed by atoms with E-state index in [1.165, 1.54) is 0 Å². The molecule has 1 aromatic carbocycles. The quantitative estimate of drug-likeness (QED) is 0.402. The van der Waals surface area contributed by atoms with E-state index in [-0.39, 0.29) is 25.1 Å². The van der Waals surface area contributed by atoms with Crippen molar-refractivity contribution in [3.05, 3.63) is 60.6 Å². The maximum absolute atomic E-state index is 12.9. The van der Waals surface area contributed by atoms with E-state index in [1.54, 1.807) is 30.3 Å². The highest BCUT2D eigenvalue weighted by molar-refractivity contribution is 8.01. The average molecular weight is 440 g/mol. The summed E-state index contributed by atoms with van der Waals surface area (Å²) in [5.74, 6) is -3.70. The van der Waals surface area contributed by atoms with E-state index >= 15 is 0 Å². The molecule has 1 aliphatic heterocycles. The number of rotatable bonds is 3. The summed E-state index contributed by atoms with van der Waals surface area (Å²) in [4.78, 5) is 37.2. The van der Waals surface area contributed by atoms with Gasteiger partial charge in [-0.25, -0.2) is 10.1 Å². The Bertz CT molecular complexity index is 873. The van der Waals surface area contributed by atoms with Gasteiger partial charge >= 0.3 is 11.8 Å². The molecule has 2 aliphatic rings. The minimum absolute atomic E-state index is 0.0922. The van der Waals surface area contributed by atoms with E-state index in [9.17, 15) is 19.7 Å². The monoisotopic (exact) mass is 438 g/mol. The molecule has 2 atom stereocenters. The van der Waals surface area contributed by atoms with E-state index in [1.807, 2.05) is 0 Å². The number of hydrogen-bond donors (Lipinski definition) is 0. The smallest absolute Gasteiger partial charge is 0.267 e. The van der Waals surface area contributed by atoms with Gasteiger partial charge < -0.3 is 0 Å². The van der Waals surface area contributed by atoms with E-state index in [0.29, 0.717) is 4.90 Å². The number of hydrogen-bond acceptors (Lipinski definition) is 5. The molecule has 0 saturated carbocycles. The summed E-state index contributed by atoms with van der Waals surface area (Å²) >= 11 is 25.4. The average Bonchev–Trinajstić information content (AvgIpc) is 2.80. The Morgan fingerprint density at radius 1 is 1.08 bits per heavy atom. The lowest BCUT2D eigenvalue weighted by molar-refractivity contribution is -0.613. The Balaban J connectivity index is 2.27. The molecule has 0 N–H and O–H groups in total. The molecule has 0 bridgehead atoms. The molecule has 11 heteroatoms. The number of imide groups is 1. The number of thioether (sulfide) groups is 1. The molecule has 0 radical (unpaired) electrons. The van der Waals surface area contributed by atoms with Gasteiger partial charge in [-0.3, -0.25) is 9.59 Å². The van der Waals surface area contributed by atoms with E-state index in [2.05, 4.69) is 0 Å². The van der Waals surface area contributed by atoms with Crippen molar-refractivity contribution in [3.8, 4) is 0 Å². The Hall–Kier alpha value is -1.25. The highest BCUT2D eigenvalue weighted by atomic mass is 35.5. The molecule has 1 heterocycles. The van der Waals surface area contributed by atoms with Crippen LogP contribution in [0, 0.1) is 16.0 Å². The van der Waals surface area contributed by atoms with Crippen molar-refractivity contribution in [2.24, 2.45) is 5.92 Å². The topological polar surface area (TPSA) is 80.5 Å². The number of halogens is 4. The Labute approximate surface area is 165 Å². The molecule has 1 aromatic rings. The maximum Gasteiger partial charge on any atom is 0.315 e. The normalized spacial score (nSPS) is 26.4. The summed E-state index contributed by atoms with van der Waals surface area (Å²) in [6.07, 6.45) is 0. The first kappa shape index (κ1) is 18.5. The number of fused-ring (bicyclic) bond motifs is 1. The molecule has 2 amide bonds. The number of amides is 2. The molecular formula is C14H6Cl4N2O4S. The van der Waals surface area contributed by atoms with Crippen LogP contribution in [-0.4, -0.2) is 26.6 Å². The third kappa shape index (κ3) is 2.57. The van der Waals surface area contributed by atoms with Crippen LogP contribution in [0.2, 0.25) is 0 Å². The van der Waals surface area contributed by atoms with Gasteiger partial charge in [0.15, 0.2) is 9.78 Å². The first-order valence-corrected chi connectivity index (χ1v) is 8.94. The first-order chi connectivity index (χ1) is 11.7. The number of nitro groups is 1. The predicted molar refractivity (Wildman–Crippen MR) is 94.8 cm³/mol. The molecule has 0 aromatic heterocycles. The third-order valence-electron chi connectivity index (χ3n) is 3.73. The molecule has 0 spiro atoms. The van der Waals surface area contributed by atoms with Gasteiger partial charge in [0.05, 0.1) is 20.1 Å². The van der Waals surface area contributed by atoms with Gasteiger partial charge in [-0.1, -0.05) is 64.6 Å². The highest BCUT2D eigenvalue weighted by Crippen LogP contribution is 2.59. The lowest BCUT2D eigenvalue weighted by Crippen LogP contribution is -2.44. The van der Waals surface area contributed by atoms with Crippen molar-refractivity contribution in [2.75, 3.05) is 0 Å². The Kier molecular flexibility index (Phi) is 4.81. The zero-order valence-electron chi connectivity index (χ0n) is 11.9. The van der Waals surface area contributed by atoms with Crippen molar-refractivity contribution in [3.63, 3.8) is 0 Å². The van der Waals surface area contributed by atoms with Gasteiger partial charge in [0.1, 0.15) is 5.92 Å². The largest absolute Gasteiger partial charge is 0.315 e. The van der Waals surface area contributed by atoms with E-state index in [0.717, 1.165) is 11.8 Å². The minimum Gasteiger partial charge on any atom is -0.267 e. The van der Waals surface area contributed by atoms with Crippen molar-refractivity contribution >= 4 is 70.0 Å². The van der Waals surface area contributed by atoms with Crippen molar-refractivity contribution in [1.82, 2.24) is 5.01 Å². The fourth-order valence-corrected chi connectivity index (χ4v) is 5.44. The summed E-state index contributed by atoms with van der Waals surface area (Å²) in [6, 6.07) is 8.48. The summed E-state index contributed by atoms with van der Waals surface area (Å²) < 4.78 is -1.89. The van der Waals surface area contributed by atoms with Crippen LogP contribution >= 0.6 is 58.2 Å². The van der Waals surface area contributed by atoms with Crippen LogP contribution in [0.25, 0.3) is 0 Å². The molecule has 2 unspecified atom stereocenters. The number of hydrazine groups is 1. The zero-order chi connectivity index (χ0) is 18.5. The van der Waals surface area contributed by atoms with Gasteiger partial charge in [0, 0.05) is 9.90 Å². The van der Waals surface area contributed by atoms with Crippen LogP contribution in [-0.2, 0) is 9.59 Å². The third-order valence-corrected chi connectivity index (χ3v) is 7.24. The second-order valence-electron chi connectivity index (χ2n) is 5.07. The molecule has 1 saturated heterocycles. The maximum atomic E-state index is 12.9. The number of allylic oxidation sites excluding steroid dienone is 2. The predicted octanol–water partition coefficient (Wildman–Crippen LogP) is 4.09. The van der Waals surface area contributed by atoms with Crippen LogP contribution in [0.4, 0.5) is 0 Å². The standard InChI is InChI=1S/C14H6Cl4N2O4S/c15-8-7-12(21)19(20(23)24)13(22)14(7,11(18)10(17)9(8)16)25-6-4-2-1-3-5-6/h1-5,7H. The fraction of sp³-hybridized carbons (Fsp3) is 0.143. The van der Waals surface area contributed by atoms with Gasteiger partial charge in [0.25, 0.3) is 0 Å². The second kappa shape index (κ2) is 6.48. The summed E-state index contributed by atoms with van der Waals surface area (Å²) in [6.45, 7) is 0. The molecule has 3 rings (SSSR count). The van der Waals surface area contributed by atoms with E-state index < -0.39 is 27.5 Å². The molecule has 25 heavy (non-hydrogen) atoms. The highest BCUT2D eigenvalue weighted by Gasteiger charge is 2.70. The van der Waals surface area contributed by atoms with Crippen LogP contribution in [0.3, 0.4) is 0 Å². The molecule has 1 fully saturated rings. The zero-order valence-corrected chi connectivity index (χ0v) is 15.8. The van der Waals surface area contributed by atoms with Gasteiger partial charge in [-0.05, 0) is 12.1 Å². The van der Waals surface area contributed by atoms with Gasteiger partial charge in [-0.2, -0.15) is 0 Å². The lowest BCUT2D eigenvalue weighted by atomic mass is 9.89. The van der Waals surface area contributed by atoms with E-state index in [4.69, 9.17) is 46.4 Å². The van der Waals surface area contributed by atoms with Gasteiger partial charge in [-0.15, -0.1) is 11.8 Å². The number of carbonyl (C=O) groups excluding carboxylic acids is 2. The van der Waals surface area contributed by atoms with Crippen LogP contribution < -0.4 is 0 Å². The summed E-state index contributed by atoms with van der Waals surface area (Å²) in [5, 5.41) is 9.06. The molecule has 130 valence electrons. The van der Waals surface area contributed by atoms with Crippen molar-refractivity contribution in [1.29, 1.82) is 0 Å². The van der Waals surface area contributed by atoms with Crippen LogP contribution in [0.1, 0.15) is 0 Å². The Morgan fingerprint density at radius 2 is 1.68 bits per heavy atom. The summed E-state index contributed by atoms with van der Waals surface area (Å²) in [7, 11) is 0. The Morgan fingerprint density at radius 3 is 2.24 bits per heavy atom. The van der Waals surface area contributed by atoms with Gasteiger partial charge in [0.2, 0.25) is 0 Å². The lowest BCUT2D eigenvalue weighted by Gasteiger charge is -2.33. The number of benzene rings is 1. The number of nitrogens with zero attached hydrogens (tertiary/aromatic N) is 2. The SMILES string of the molecule is O=C1C2C(Cl)=C(Cl)C(Cl)=C(Cl)C2(Sc2ccccc2)C(=O)N1[N+](=O)[O-]. The first-order valence-electron chi connectivity index (χ1n) is 6.61. The fourth-order valence-electron chi connectivity index (χ4n) is 2.65. The summed E-state index contributed by atoms with van der Waals surface area (Å²) in [5.41, 5.74) is 0. The minimum atomic E-state index is -1.89. The number of carbonyl (C=O) groups is 2. The van der Waals surface area contributed by atoms with Crippen molar-refractivity contribution < 1.29 is 14.6 Å². The molecular weight excluding hydrogens is 434 g/mol.